The predicted octanol–water partition coefficient (Wildman–Crippen LogP) is 2.79. The highest BCUT2D eigenvalue weighted by atomic mass is 19.2. The molecule has 0 saturated carbocycles. The molecule has 7 heteroatoms. The van der Waals surface area contributed by atoms with Gasteiger partial charge in [-0.15, -0.1) is 0 Å². The van der Waals surface area contributed by atoms with Crippen LogP contribution >= 0.6 is 0 Å². The van der Waals surface area contributed by atoms with Gasteiger partial charge in [0.2, 0.25) is 0 Å². The molecule has 128 valence electrons. The minimum atomic E-state index is -0.972. The Kier molecular flexibility index (Phi) is 3.73. The molecule has 1 fully saturated rings. The highest BCUT2D eigenvalue weighted by molar-refractivity contribution is 6.05. The maximum absolute atomic E-state index is 13.6. The number of β-amino-alcohol motifs (C(OH)–C–C–N with tert-alkyl or cyclic N) is 1. The van der Waals surface area contributed by atoms with Gasteiger partial charge in [0.05, 0.1) is 29.6 Å². The topological polar surface area (TPSA) is 69.2 Å². The van der Waals surface area contributed by atoms with Crippen LogP contribution < -0.4 is 0 Å². The number of aliphatic hydroxyl groups is 1. The Labute approximate surface area is 141 Å². The summed E-state index contributed by atoms with van der Waals surface area (Å²) in [5.74, 6) is -2.22. The van der Waals surface area contributed by atoms with Crippen LogP contribution in [0.2, 0.25) is 0 Å². The van der Waals surface area contributed by atoms with Gasteiger partial charge in [-0.25, -0.2) is 13.8 Å². The number of para-hydroxylation sites is 1. The number of aromatic nitrogens is 2. The molecule has 5 nitrogen and oxygen atoms in total. The number of hydrogen-bond donors (Lipinski definition) is 2. The first kappa shape index (κ1) is 15.7. The van der Waals surface area contributed by atoms with Crippen LogP contribution in [0.25, 0.3) is 11.0 Å². The lowest BCUT2D eigenvalue weighted by Crippen LogP contribution is -2.32. The van der Waals surface area contributed by atoms with Gasteiger partial charge in [-0.2, -0.15) is 0 Å². The summed E-state index contributed by atoms with van der Waals surface area (Å²) in [5, 5.41) is 10.0. The predicted molar refractivity (Wildman–Crippen MR) is 86.9 cm³/mol. The maximum atomic E-state index is 13.6. The number of aromatic amines is 1. The lowest BCUT2D eigenvalue weighted by molar-refractivity contribution is 0.0717. The van der Waals surface area contributed by atoms with Crippen molar-refractivity contribution in [2.45, 2.75) is 18.6 Å². The number of aliphatic hydroxyl groups excluding tert-OH is 1. The van der Waals surface area contributed by atoms with Crippen LogP contribution in [-0.4, -0.2) is 38.5 Å². The molecule has 0 bridgehead atoms. The zero-order chi connectivity index (χ0) is 17.6. The summed E-state index contributed by atoms with van der Waals surface area (Å²) in [5.41, 5.74) is 2.13. The van der Waals surface area contributed by atoms with Gasteiger partial charge in [0.25, 0.3) is 5.91 Å². The van der Waals surface area contributed by atoms with Crippen LogP contribution in [0.5, 0.6) is 0 Å². The lowest BCUT2D eigenvalue weighted by Gasteiger charge is -2.25. The van der Waals surface area contributed by atoms with Gasteiger partial charge in [-0.1, -0.05) is 12.1 Å². The van der Waals surface area contributed by atoms with Crippen molar-refractivity contribution in [1.29, 1.82) is 0 Å². The molecule has 0 aliphatic carbocycles. The monoisotopic (exact) mass is 343 g/mol. The standard InChI is InChI=1S/C18H15F2N3O2/c19-13-5-4-10(6-14(13)20)16-7-11(24)8-23(16)18(25)12-2-1-3-15-17(12)22-9-21-15/h1-6,9,11,16,24H,7-8H2,(H,21,22)/t11-,16+/m0/s1. The van der Waals surface area contributed by atoms with Crippen molar-refractivity contribution in [3.8, 4) is 0 Å². The highest BCUT2D eigenvalue weighted by Crippen LogP contribution is 2.34. The fraction of sp³-hybridized carbons (Fsp3) is 0.222. The zero-order valence-electron chi connectivity index (χ0n) is 13.1. The fourth-order valence-electron chi connectivity index (χ4n) is 3.37. The first-order chi connectivity index (χ1) is 12.0. The summed E-state index contributed by atoms with van der Waals surface area (Å²) in [6.07, 6.45) is 1.06. The number of benzene rings is 2. The molecule has 1 aliphatic heterocycles. The van der Waals surface area contributed by atoms with E-state index in [1.165, 1.54) is 17.3 Å². The SMILES string of the molecule is O=C(c1cccc2[nH]cnc12)N1C[C@@H](O)C[C@@H]1c1ccc(F)c(F)c1. The maximum Gasteiger partial charge on any atom is 0.256 e. The number of hydrogen-bond acceptors (Lipinski definition) is 3. The molecule has 0 radical (unpaired) electrons. The summed E-state index contributed by atoms with van der Waals surface area (Å²) < 4.78 is 26.8. The van der Waals surface area contributed by atoms with Crippen molar-refractivity contribution in [3.63, 3.8) is 0 Å². The number of carbonyl (C=O) groups is 1. The second-order valence-electron chi connectivity index (χ2n) is 6.14. The number of imidazole rings is 1. The van der Waals surface area contributed by atoms with E-state index < -0.39 is 23.8 Å². The van der Waals surface area contributed by atoms with E-state index in [-0.39, 0.29) is 18.9 Å². The van der Waals surface area contributed by atoms with Gasteiger partial charge in [-0.05, 0) is 36.2 Å². The Morgan fingerprint density at radius 1 is 1.24 bits per heavy atom. The Morgan fingerprint density at radius 3 is 2.88 bits per heavy atom. The molecule has 1 saturated heterocycles. The molecule has 0 spiro atoms. The smallest absolute Gasteiger partial charge is 0.256 e. The number of carbonyl (C=O) groups excluding carboxylic acids is 1. The van der Waals surface area contributed by atoms with E-state index in [1.54, 1.807) is 12.1 Å². The number of nitrogens with zero attached hydrogens (tertiary/aromatic N) is 2. The summed E-state index contributed by atoms with van der Waals surface area (Å²) in [6.45, 7) is 0.128. The Balaban J connectivity index is 1.73. The van der Waals surface area contributed by atoms with Crippen LogP contribution in [0.15, 0.2) is 42.7 Å². The van der Waals surface area contributed by atoms with Crippen molar-refractivity contribution >= 4 is 16.9 Å². The molecule has 2 N–H and O–H groups in total. The minimum absolute atomic E-state index is 0.128. The number of halogens is 2. The average molecular weight is 343 g/mol. The lowest BCUT2D eigenvalue weighted by atomic mass is 10.0. The Bertz CT molecular complexity index is 956. The number of fused-ring (bicyclic) bond motifs is 1. The van der Waals surface area contributed by atoms with Gasteiger partial charge in [0.15, 0.2) is 11.6 Å². The van der Waals surface area contributed by atoms with Crippen LogP contribution in [-0.2, 0) is 0 Å². The second-order valence-corrected chi connectivity index (χ2v) is 6.14. The van der Waals surface area contributed by atoms with E-state index >= 15 is 0 Å². The van der Waals surface area contributed by atoms with E-state index in [9.17, 15) is 18.7 Å². The molecule has 1 amide bonds. The molecule has 2 aromatic carbocycles. The molecule has 2 atom stereocenters. The van der Waals surface area contributed by atoms with Crippen LogP contribution in [0, 0.1) is 11.6 Å². The first-order valence-corrected chi connectivity index (χ1v) is 7.90. The van der Waals surface area contributed by atoms with Crippen molar-refractivity contribution < 1.29 is 18.7 Å². The van der Waals surface area contributed by atoms with E-state index in [2.05, 4.69) is 9.97 Å². The third-order valence-electron chi connectivity index (χ3n) is 4.55. The van der Waals surface area contributed by atoms with Crippen LogP contribution in [0.4, 0.5) is 8.78 Å². The van der Waals surface area contributed by atoms with E-state index in [1.807, 2.05) is 6.07 Å². The molecule has 4 rings (SSSR count). The van der Waals surface area contributed by atoms with Gasteiger partial charge in [0, 0.05) is 6.54 Å². The summed E-state index contributed by atoms with van der Waals surface area (Å²) in [7, 11) is 0. The van der Waals surface area contributed by atoms with Crippen molar-refractivity contribution in [1.82, 2.24) is 14.9 Å². The normalized spacial score (nSPS) is 20.4. The van der Waals surface area contributed by atoms with E-state index in [0.717, 1.165) is 17.6 Å². The van der Waals surface area contributed by atoms with Gasteiger partial charge >= 0.3 is 0 Å². The highest BCUT2D eigenvalue weighted by Gasteiger charge is 2.36. The molecule has 1 aliphatic rings. The van der Waals surface area contributed by atoms with Crippen molar-refractivity contribution in [2.24, 2.45) is 0 Å². The molecule has 3 aromatic rings. The number of H-pyrrole nitrogens is 1. The third kappa shape index (κ3) is 2.66. The van der Waals surface area contributed by atoms with E-state index in [0.29, 0.717) is 16.6 Å². The van der Waals surface area contributed by atoms with Gasteiger partial charge in [0.1, 0.15) is 5.52 Å². The Morgan fingerprint density at radius 2 is 2.08 bits per heavy atom. The summed E-state index contributed by atoms with van der Waals surface area (Å²) in [6, 6.07) is 8.25. The van der Waals surface area contributed by atoms with Gasteiger partial charge < -0.3 is 15.0 Å². The van der Waals surface area contributed by atoms with Crippen LogP contribution in [0.1, 0.15) is 28.4 Å². The van der Waals surface area contributed by atoms with Crippen molar-refractivity contribution in [3.05, 3.63) is 65.5 Å². The molecule has 0 unspecified atom stereocenters. The third-order valence-corrected chi connectivity index (χ3v) is 4.55. The number of nitrogens with one attached hydrogen (secondary N) is 1. The minimum Gasteiger partial charge on any atom is -0.391 e. The molecular weight excluding hydrogens is 328 g/mol. The van der Waals surface area contributed by atoms with Gasteiger partial charge in [-0.3, -0.25) is 4.79 Å². The largest absolute Gasteiger partial charge is 0.391 e. The molecule has 25 heavy (non-hydrogen) atoms. The summed E-state index contributed by atoms with van der Waals surface area (Å²) >= 11 is 0. The number of likely N-dealkylation sites (tertiary alicyclic amines) is 1. The molecular formula is C18H15F2N3O2. The Hall–Kier alpha value is -2.80. The molecule has 1 aromatic heterocycles. The zero-order valence-corrected chi connectivity index (χ0v) is 13.1. The summed E-state index contributed by atoms with van der Waals surface area (Å²) in [4.78, 5) is 21.6. The second kappa shape index (κ2) is 5.93. The molecule has 2 heterocycles. The van der Waals surface area contributed by atoms with E-state index in [4.69, 9.17) is 0 Å². The average Bonchev–Trinajstić information content (AvgIpc) is 3.22. The van der Waals surface area contributed by atoms with Crippen molar-refractivity contribution in [2.75, 3.05) is 6.54 Å². The quantitative estimate of drug-likeness (QED) is 0.752. The van der Waals surface area contributed by atoms with Crippen LogP contribution in [0.3, 0.4) is 0 Å². The fourth-order valence-corrected chi connectivity index (χ4v) is 3.37. The first-order valence-electron chi connectivity index (χ1n) is 7.90. The number of amides is 1. The number of rotatable bonds is 2.